The van der Waals surface area contributed by atoms with Gasteiger partial charge >= 0.3 is 5.91 Å². The zero-order valence-corrected chi connectivity index (χ0v) is 22.7. The SMILES string of the molecule is C=CCOc1cccc(C2/C(=C(\O)c3ccc4c(c3)CC(C)O4)C(=O)C(=O)N2c2nc3ccc(OC)cc3s2)c1. The van der Waals surface area contributed by atoms with Crippen molar-refractivity contribution in [2.45, 2.75) is 25.5 Å². The fraction of sp³-hybridized carbons (Fsp3) is 0.194. The highest BCUT2D eigenvalue weighted by Crippen LogP contribution is 2.45. The number of aromatic nitrogens is 1. The monoisotopic (exact) mass is 554 g/mol. The Kier molecular flexibility index (Phi) is 6.51. The number of hydrogen-bond acceptors (Lipinski definition) is 8. The van der Waals surface area contributed by atoms with Crippen LogP contribution >= 0.6 is 11.3 Å². The minimum atomic E-state index is -0.932. The summed E-state index contributed by atoms with van der Waals surface area (Å²) in [6, 6.07) is 16.9. The number of aliphatic hydroxyl groups is 1. The third kappa shape index (κ3) is 4.38. The minimum absolute atomic E-state index is 0.0189. The lowest BCUT2D eigenvalue weighted by Crippen LogP contribution is -2.29. The zero-order valence-electron chi connectivity index (χ0n) is 21.9. The van der Waals surface area contributed by atoms with Crippen LogP contribution in [0.5, 0.6) is 17.2 Å². The molecule has 202 valence electrons. The Bertz CT molecular complexity index is 1710. The van der Waals surface area contributed by atoms with E-state index < -0.39 is 17.7 Å². The van der Waals surface area contributed by atoms with Gasteiger partial charge in [-0.1, -0.05) is 36.1 Å². The number of Topliss-reactive ketones (excluding diaryl/α,β-unsaturated/α-hetero) is 1. The lowest BCUT2D eigenvalue weighted by Gasteiger charge is -2.23. The van der Waals surface area contributed by atoms with Crippen molar-refractivity contribution in [3.8, 4) is 17.2 Å². The Morgan fingerprint density at radius 1 is 1.18 bits per heavy atom. The lowest BCUT2D eigenvalue weighted by molar-refractivity contribution is -0.132. The number of nitrogens with zero attached hydrogens (tertiary/aromatic N) is 2. The average Bonchev–Trinajstić information content (AvgIpc) is 3.63. The van der Waals surface area contributed by atoms with Crippen LogP contribution in [0, 0.1) is 0 Å². The van der Waals surface area contributed by atoms with Gasteiger partial charge < -0.3 is 19.3 Å². The van der Waals surface area contributed by atoms with E-state index in [-0.39, 0.29) is 17.4 Å². The average molecular weight is 555 g/mol. The van der Waals surface area contributed by atoms with Crippen molar-refractivity contribution in [3.05, 3.63) is 95.6 Å². The van der Waals surface area contributed by atoms with Crippen LogP contribution < -0.4 is 19.1 Å². The molecular formula is C31H26N2O6S. The molecule has 1 N–H and O–H groups in total. The largest absolute Gasteiger partial charge is 0.507 e. The van der Waals surface area contributed by atoms with Gasteiger partial charge in [-0.2, -0.15) is 0 Å². The minimum Gasteiger partial charge on any atom is -0.507 e. The molecule has 0 aliphatic carbocycles. The number of fused-ring (bicyclic) bond motifs is 2. The Balaban J connectivity index is 1.52. The molecule has 0 radical (unpaired) electrons. The van der Waals surface area contributed by atoms with Crippen LogP contribution in [0.1, 0.15) is 29.7 Å². The molecule has 2 aliphatic rings. The highest BCUT2D eigenvalue weighted by molar-refractivity contribution is 7.22. The first kappa shape index (κ1) is 25.6. The van der Waals surface area contributed by atoms with Gasteiger partial charge in [-0.3, -0.25) is 14.5 Å². The summed E-state index contributed by atoms with van der Waals surface area (Å²) < 4.78 is 17.7. The number of carbonyl (C=O) groups is 2. The molecule has 3 heterocycles. The maximum absolute atomic E-state index is 13.6. The van der Waals surface area contributed by atoms with Crippen LogP contribution in [0.3, 0.4) is 0 Å². The molecule has 9 heteroatoms. The van der Waals surface area contributed by atoms with E-state index in [0.29, 0.717) is 46.3 Å². The first-order valence-electron chi connectivity index (χ1n) is 12.8. The van der Waals surface area contributed by atoms with E-state index in [2.05, 4.69) is 11.6 Å². The number of methoxy groups -OCH3 is 1. The molecule has 0 bridgehead atoms. The van der Waals surface area contributed by atoms with Crippen LogP contribution in [0.2, 0.25) is 0 Å². The quantitative estimate of drug-likeness (QED) is 0.133. The predicted molar refractivity (Wildman–Crippen MR) is 153 cm³/mol. The van der Waals surface area contributed by atoms with Crippen molar-refractivity contribution >= 4 is 44.1 Å². The summed E-state index contributed by atoms with van der Waals surface area (Å²) >= 11 is 1.27. The van der Waals surface area contributed by atoms with Gasteiger partial charge in [-0.25, -0.2) is 4.98 Å². The Hall–Kier alpha value is -4.63. The Morgan fingerprint density at radius 3 is 2.83 bits per heavy atom. The number of thiazole rings is 1. The molecule has 3 aromatic carbocycles. The van der Waals surface area contributed by atoms with Crippen LogP contribution in [0.25, 0.3) is 16.0 Å². The number of rotatable bonds is 7. The van der Waals surface area contributed by atoms with Gasteiger partial charge in [0.25, 0.3) is 5.78 Å². The molecule has 4 aromatic rings. The van der Waals surface area contributed by atoms with E-state index >= 15 is 0 Å². The molecule has 0 spiro atoms. The molecule has 1 amide bonds. The topological polar surface area (TPSA) is 98.2 Å². The molecule has 6 rings (SSSR count). The van der Waals surface area contributed by atoms with E-state index in [1.54, 1.807) is 61.7 Å². The summed E-state index contributed by atoms with van der Waals surface area (Å²) in [7, 11) is 1.58. The normalized spacial score (nSPS) is 19.5. The highest BCUT2D eigenvalue weighted by atomic mass is 32.1. The van der Waals surface area contributed by atoms with E-state index in [1.165, 1.54) is 16.2 Å². The Labute approximate surface area is 234 Å². The zero-order chi connectivity index (χ0) is 28.0. The summed E-state index contributed by atoms with van der Waals surface area (Å²) in [6.45, 7) is 5.95. The molecular weight excluding hydrogens is 528 g/mol. The summed E-state index contributed by atoms with van der Waals surface area (Å²) in [4.78, 5) is 33.3. The van der Waals surface area contributed by atoms with Crippen molar-refractivity contribution in [2.24, 2.45) is 0 Å². The summed E-state index contributed by atoms with van der Waals surface area (Å²) in [5.74, 6) is 0.130. The number of carbonyl (C=O) groups excluding carboxylic acids is 2. The number of benzene rings is 3. The fourth-order valence-corrected chi connectivity index (χ4v) is 6.14. The second-order valence-electron chi connectivity index (χ2n) is 9.63. The van der Waals surface area contributed by atoms with Crippen LogP contribution in [0.4, 0.5) is 5.13 Å². The highest BCUT2D eigenvalue weighted by Gasteiger charge is 2.48. The maximum atomic E-state index is 13.6. The number of amides is 1. The molecule has 1 fully saturated rings. The van der Waals surface area contributed by atoms with E-state index in [1.807, 2.05) is 19.1 Å². The number of aliphatic hydroxyl groups excluding tert-OH is 1. The smallest absolute Gasteiger partial charge is 0.301 e. The molecule has 0 saturated carbocycles. The number of hydrogen-bond donors (Lipinski definition) is 1. The number of ketones is 1. The second kappa shape index (κ2) is 10.2. The maximum Gasteiger partial charge on any atom is 0.301 e. The van der Waals surface area contributed by atoms with Crippen LogP contribution in [-0.4, -0.2) is 41.6 Å². The van der Waals surface area contributed by atoms with Crippen molar-refractivity contribution < 1.29 is 28.9 Å². The van der Waals surface area contributed by atoms with Gasteiger partial charge in [0.1, 0.15) is 35.7 Å². The van der Waals surface area contributed by atoms with Crippen molar-refractivity contribution in [1.82, 2.24) is 4.98 Å². The molecule has 8 nitrogen and oxygen atoms in total. The third-order valence-corrected chi connectivity index (χ3v) is 7.96. The summed E-state index contributed by atoms with van der Waals surface area (Å²) in [5, 5.41) is 11.9. The van der Waals surface area contributed by atoms with Gasteiger partial charge in [-0.15, -0.1) is 0 Å². The molecule has 2 aliphatic heterocycles. The fourth-order valence-electron chi connectivity index (χ4n) is 5.12. The van der Waals surface area contributed by atoms with E-state index in [4.69, 9.17) is 14.2 Å². The first-order chi connectivity index (χ1) is 19.4. The number of ether oxygens (including phenoxy) is 3. The van der Waals surface area contributed by atoms with E-state index in [0.717, 1.165) is 16.0 Å². The predicted octanol–water partition coefficient (Wildman–Crippen LogP) is 5.82. The first-order valence-corrected chi connectivity index (χ1v) is 13.6. The Morgan fingerprint density at radius 2 is 2.02 bits per heavy atom. The molecule has 2 atom stereocenters. The van der Waals surface area contributed by atoms with Gasteiger partial charge in [-0.05, 0) is 66.6 Å². The van der Waals surface area contributed by atoms with Crippen molar-refractivity contribution in [3.63, 3.8) is 0 Å². The molecule has 1 saturated heterocycles. The van der Waals surface area contributed by atoms with Crippen LogP contribution in [-0.2, 0) is 16.0 Å². The van der Waals surface area contributed by atoms with Crippen molar-refractivity contribution in [2.75, 3.05) is 18.6 Å². The summed E-state index contributed by atoms with van der Waals surface area (Å²) in [5.41, 5.74) is 2.61. The molecule has 2 unspecified atom stereocenters. The standard InChI is InChI=1S/C31H26N2O6S/c1-4-12-38-22-7-5-6-18(15-22)27-26(28(34)19-8-11-24-20(14-19)13-17(2)39-24)29(35)30(36)33(27)31-32-23-10-9-21(37-3)16-25(23)40-31/h4-11,14-17,27,34H,1,12-13H2,2-3H3/b28-26+. The molecule has 40 heavy (non-hydrogen) atoms. The summed E-state index contributed by atoms with van der Waals surface area (Å²) in [6.07, 6.45) is 2.34. The van der Waals surface area contributed by atoms with E-state index in [9.17, 15) is 14.7 Å². The molecule has 1 aromatic heterocycles. The van der Waals surface area contributed by atoms with Gasteiger partial charge in [0.05, 0.1) is 28.9 Å². The van der Waals surface area contributed by atoms with Crippen LogP contribution in [0.15, 0.2) is 78.9 Å². The third-order valence-electron chi connectivity index (χ3n) is 6.95. The van der Waals surface area contributed by atoms with Gasteiger partial charge in [0, 0.05) is 12.0 Å². The van der Waals surface area contributed by atoms with Crippen molar-refractivity contribution in [1.29, 1.82) is 0 Å². The van der Waals surface area contributed by atoms with Gasteiger partial charge in [0.2, 0.25) is 0 Å². The lowest BCUT2D eigenvalue weighted by atomic mass is 9.94. The second-order valence-corrected chi connectivity index (χ2v) is 10.6. The van der Waals surface area contributed by atoms with Gasteiger partial charge in [0.15, 0.2) is 5.13 Å². The number of anilines is 1.